The molecule has 1 heterocycles. The molecule has 1 aromatic rings. The Morgan fingerprint density at radius 3 is 3.00 bits per heavy atom. The van der Waals surface area contributed by atoms with E-state index in [0.29, 0.717) is 5.92 Å². The van der Waals surface area contributed by atoms with E-state index in [4.69, 9.17) is 12.2 Å². The number of nitrogens with zero attached hydrogens (tertiary/aromatic N) is 1. The Bertz CT molecular complexity index is 318. The Kier molecular flexibility index (Phi) is 1.53. The zero-order valence-corrected chi connectivity index (χ0v) is 7.19. The third kappa shape index (κ3) is 1.33. The second kappa shape index (κ2) is 2.41. The first kappa shape index (κ1) is 6.98. The maximum atomic E-state index is 4.99. The van der Waals surface area contributed by atoms with E-state index in [1.165, 1.54) is 6.42 Å². The van der Waals surface area contributed by atoms with Gasteiger partial charge in [0.2, 0.25) is 0 Å². The lowest BCUT2D eigenvalue weighted by molar-refractivity contribution is 0.839. The number of aromatic amines is 1. The van der Waals surface area contributed by atoms with Crippen LogP contribution in [0.1, 0.15) is 25.1 Å². The van der Waals surface area contributed by atoms with E-state index in [2.05, 4.69) is 16.9 Å². The van der Waals surface area contributed by atoms with Gasteiger partial charge in [0.15, 0.2) is 0 Å². The number of H-pyrrole nitrogens is 1. The van der Waals surface area contributed by atoms with Crippen molar-refractivity contribution in [3.05, 3.63) is 22.7 Å². The zero-order valence-electron chi connectivity index (χ0n) is 6.37. The number of aromatic nitrogens is 2. The molecule has 1 aromatic heterocycles. The van der Waals surface area contributed by atoms with Crippen LogP contribution in [0.2, 0.25) is 0 Å². The van der Waals surface area contributed by atoms with Crippen LogP contribution in [0.25, 0.3) is 0 Å². The van der Waals surface area contributed by atoms with Crippen molar-refractivity contribution in [3.8, 4) is 0 Å². The van der Waals surface area contributed by atoms with Crippen LogP contribution in [0, 0.1) is 10.6 Å². The summed E-state index contributed by atoms with van der Waals surface area (Å²) in [5, 5.41) is 0. The van der Waals surface area contributed by atoms with E-state index >= 15 is 0 Å². The lowest BCUT2D eigenvalue weighted by Gasteiger charge is -1.95. The highest BCUT2D eigenvalue weighted by atomic mass is 32.1. The summed E-state index contributed by atoms with van der Waals surface area (Å²) >= 11 is 4.99. The molecule has 3 heteroatoms. The van der Waals surface area contributed by atoms with Crippen molar-refractivity contribution in [1.82, 2.24) is 9.97 Å². The molecule has 2 nitrogen and oxygen atoms in total. The first-order valence-electron chi connectivity index (χ1n) is 3.82. The minimum atomic E-state index is 0.637. The largest absolute Gasteiger partial charge is 0.335 e. The molecule has 11 heavy (non-hydrogen) atoms. The van der Waals surface area contributed by atoms with Crippen LogP contribution in [-0.4, -0.2) is 9.97 Å². The number of hydrogen-bond acceptors (Lipinski definition) is 2. The zero-order chi connectivity index (χ0) is 7.84. The maximum Gasteiger partial charge on any atom is 0.110 e. The van der Waals surface area contributed by atoms with Gasteiger partial charge in [-0.3, -0.25) is 0 Å². The van der Waals surface area contributed by atoms with Crippen molar-refractivity contribution >= 4 is 12.2 Å². The maximum absolute atomic E-state index is 4.99. The van der Waals surface area contributed by atoms with Gasteiger partial charge in [0.1, 0.15) is 10.5 Å². The van der Waals surface area contributed by atoms with Gasteiger partial charge in [0.25, 0.3) is 0 Å². The second-order valence-corrected chi connectivity index (χ2v) is 3.58. The molecule has 0 spiro atoms. The molecule has 1 aliphatic carbocycles. The summed E-state index contributed by atoms with van der Waals surface area (Å²) in [6.45, 7) is 2.23. The first-order chi connectivity index (χ1) is 5.27. The fourth-order valence-electron chi connectivity index (χ4n) is 1.28. The Labute approximate surface area is 70.7 Å². The van der Waals surface area contributed by atoms with Crippen LogP contribution in [-0.2, 0) is 0 Å². The molecule has 2 unspecified atom stereocenters. The van der Waals surface area contributed by atoms with Gasteiger partial charge in [0.05, 0.1) is 0 Å². The average molecular weight is 166 g/mol. The molecule has 0 amide bonds. The van der Waals surface area contributed by atoms with E-state index in [9.17, 15) is 0 Å². The van der Waals surface area contributed by atoms with Gasteiger partial charge in [-0.25, -0.2) is 4.98 Å². The van der Waals surface area contributed by atoms with Gasteiger partial charge in [0, 0.05) is 12.1 Å². The fourth-order valence-corrected chi connectivity index (χ4v) is 1.44. The summed E-state index contributed by atoms with van der Waals surface area (Å²) in [4.78, 5) is 7.33. The van der Waals surface area contributed by atoms with Crippen LogP contribution in [0.4, 0.5) is 0 Å². The van der Waals surface area contributed by atoms with Gasteiger partial charge >= 0.3 is 0 Å². The smallest absolute Gasteiger partial charge is 0.110 e. The van der Waals surface area contributed by atoms with Gasteiger partial charge in [-0.2, -0.15) is 0 Å². The molecule has 1 saturated carbocycles. The van der Waals surface area contributed by atoms with Crippen LogP contribution in [0.3, 0.4) is 0 Å². The highest BCUT2D eigenvalue weighted by Gasteiger charge is 2.35. The molecule has 58 valence electrons. The predicted octanol–water partition coefficient (Wildman–Crippen LogP) is 2.26. The Morgan fingerprint density at radius 2 is 2.45 bits per heavy atom. The Morgan fingerprint density at radius 1 is 1.73 bits per heavy atom. The fraction of sp³-hybridized carbons (Fsp3) is 0.500. The molecule has 0 aromatic carbocycles. The highest BCUT2D eigenvalue weighted by Crippen LogP contribution is 2.44. The monoisotopic (exact) mass is 166 g/mol. The van der Waals surface area contributed by atoms with Gasteiger partial charge in [-0.05, 0) is 18.4 Å². The molecule has 0 saturated heterocycles. The average Bonchev–Trinajstić information content (AvgIpc) is 2.67. The molecule has 2 rings (SSSR count). The number of rotatable bonds is 1. The van der Waals surface area contributed by atoms with E-state index in [1.54, 1.807) is 6.20 Å². The van der Waals surface area contributed by atoms with Crippen LogP contribution < -0.4 is 0 Å². The third-order valence-electron chi connectivity index (χ3n) is 2.15. The van der Waals surface area contributed by atoms with Crippen molar-refractivity contribution in [2.75, 3.05) is 0 Å². The quantitative estimate of drug-likeness (QED) is 0.648. The summed E-state index contributed by atoms with van der Waals surface area (Å²) in [5.74, 6) is 2.48. The summed E-state index contributed by atoms with van der Waals surface area (Å²) in [6, 6.07) is 1.81. The van der Waals surface area contributed by atoms with Crippen molar-refractivity contribution in [2.45, 2.75) is 19.3 Å². The van der Waals surface area contributed by atoms with Gasteiger partial charge in [-0.15, -0.1) is 0 Å². The SMILES string of the molecule is CC1CC1c1nccc(=S)[nH]1. The van der Waals surface area contributed by atoms with Gasteiger partial charge < -0.3 is 4.98 Å². The van der Waals surface area contributed by atoms with E-state index in [1.807, 2.05) is 6.07 Å². The number of hydrogen-bond donors (Lipinski definition) is 1. The summed E-state index contributed by atoms with van der Waals surface area (Å²) in [7, 11) is 0. The van der Waals surface area contributed by atoms with Crippen LogP contribution in [0.15, 0.2) is 12.3 Å². The van der Waals surface area contributed by atoms with Crippen LogP contribution >= 0.6 is 12.2 Å². The first-order valence-corrected chi connectivity index (χ1v) is 4.23. The molecule has 0 radical (unpaired) electrons. The molecule has 0 bridgehead atoms. The Hall–Kier alpha value is -0.700. The highest BCUT2D eigenvalue weighted by molar-refractivity contribution is 7.71. The Balaban J connectivity index is 2.32. The molecule has 1 aliphatic rings. The minimum Gasteiger partial charge on any atom is -0.335 e. The third-order valence-corrected chi connectivity index (χ3v) is 2.39. The van der Waals surface area contributed by atoms with Crippen molar-refractivity contribution in [2.24, 2.45) is 5.92 Å². The van der Waals surface area contributed by atoms with Crippen molar-refractivity contribution in [3.63, 3.8) is 0 Å². The lowest BCUT2D eigenvalue weighted by Crippen LogP contribution is -1.91. The molecule has 1 fully saturated rings. The summed E-state index contributed by atoms with van der Waals surface area (Å²) in [6.07, 6.45) is 3.03. The number of nitrogens with one attached hydrogen (secondary N) is 1. The van der Waals surface area contributed by atoms with E-state index < -0.39 is 0 Å². The van der Waals surface area contributed by atoms with Gasteiger partial charge in [-0.1, -0.05) is 19.1 Å². The van der Waals surface area contributed by atoms with E-state index in [0.717, 1.165) is 16.4 Å². The topological polar surface area (TPSA) is 28.7 Å². The van der Waals surface area contributed by atoms with E-state index in [-0.39, 0.29) is 0 Å². The molecule has 1 N–H and O–H groups in total. The normalized spacial score (nSPS) is 28.5. The molecule has 2 atom stereocenters. The minimum absolute atomic E-state index is 0.637. The summed E-state index contributed by atoms with van der Waals surface area (Å²) in [5.41, 5.74) is 0. The summed E-state index contributed by atoms with van der Waals surface area (Å²) < 4.78 is 0.786. The standard InChI is InChI=1S/C8H10N2S/c1-5-4-6(5)8-9-3-2-7(11)10-8/h2-3,5-6H,4H2,1H3,(H,9,10,11). The molecule has 0 aliphatic heterocycles. The molecular formula is C8H10N2S. The van der Waals surface area contributed by atoms with Crippen molar-refractivity contribution in [1.29, 1.82) is 0 Å². The second-order valence-electron chi connectivity index (χ2n) is 3.14. The lowest BCUT2D eigenvalue weighted by atomic mass is 10.3. The predicted molar refractivity (Wildman–Crippen MR) is 45.9 cm³/mol. The van der Waals surface area contributed by atoms with Crippen molar-refractivity contribution < 1.29 is 0 Å². The molecular weight excluding hydrogens is 156 g/mol. The van der Waals surface area contributed by atoms with Crippen LogP contribution in [0.5, 0.6) is 0 Å².